The predicted molar refractivity (Wildman–Crippen MR) is 122 cm³/mol. The molecule has 0 saturated carbocycles. The molecule has 8 nitrogen and oxygen atoms in total. The van der Waals surface area contributed by atoms with E-state index in [-0.39, 0.29) is 17.9 Å². The maximum absolute atomic E-state index is 12.7. The van der Waals surface area contributed by atoms with E-state index in [1.54, 1.807) is 29.0 Å². The Labute approximate surface area is 190 Å². The van der Waals surface area contributed by atoms with E-state index < -0.39 is 5.97 Å². The average Bonchev–Trinajstić information content (AvgIpc) is 3.44. The number of carbonyl (C=O) groups excluding carboxylic acids is 1. The summed E-state index contributed by atoms with van der Waals surface area (Å²) >= 11 is 7.27. The molecule has 0 aliphatic carbocycles. The molecule has 3 heterocycles. The van der Waals surface area contributed by atoms with Crippen LogP contribution in [0.5, 0.6) is 0 Å². The number of esters is 1. The van der Waals surface area contributed by atoms with Crippen LogP contribution in [0.25, 0.3) is 27.3 Å². The fourth-order valence-corrected chi connectivity index (χ4v) is 4.37. The van der Waals surface area contributed by atoms with Crippen molar-refractivity contribution in [1.82, 2.24) is 24.1 Å². The summed E-state index contributed by atoms with van der Waals surface area (Å²) in [6.07, 6.45) is 0. The van der Waals surface area contributed by atoms with Crippen molar-refractivity contribution in [2.75, 3.05) is 0 Å². The number of benzene rings is 2. The Kier molecular flexibility index (Phi) is 4.99. The Morgan fingerprint density at radius 2 is 1.94 bits per heavy atom. The smallest absolute Gasteiger partial charge is 0.358 e. The van der Waals surface area contributed by atoms with Crippen LogP contribution >= 0.6 is 22.9 Å². The number of ether oxygens (including phenoxy) is 1. The molecule has 0 bridgehead atoms. The number of hydrogen-bond donors (Lipinski definition) is 0. The Hall–Kier alpha value is -3.56. The minimum absolute atomic E-state index is 0.116. The molecule has 0 radical (unpaired) electrons. The molecule has 160 valence electrons. The number of rotatable bonds is 4. The number of hydrogen-bond acceptors (Lipinski definition) is 7. The summed E-state index contributed by atoms with van der Waals surface area (Å²) in [5.74, 6) is 0.213. The molecule has 5 aromatic rings. The summed E-state index contributed by atoms with van der Waals surface area (Å²) in [4.78, 5) is 29.6. The number of carbonyl (C=O) groups is 1. The molecule has 0 fully saturated rings. The largest absolute Gasteiger partial charge is 0.453 e. The van der Waals surface area contributed by atoms with E-state index >= 15 is 0 Å². The molecule has 5 rings (SSSR count). The van der Waals surface area contributed by atoms with E-state index in [0.717, 1.165) is 11.1 Å². The maximum Gasteiger partial charge on any atom is 0.358 e. The number of aryl methyl sites for hydroxylation is 2. The van der Waals surface area contributed by atoms with Gasteiger partial charge in [0.1, 0.15) is 5.01 Å². The number of halogens is 1. The lowest BCUT2D eigenvalue weighted by molar-refractivity contribution is 0.0455. The molecule has 0 atom stereocenters. The summed E-state index contributed by atoms with van der Waals surface area (Å²) in [7, 11) is 1.64. The molecular formula is C22H16ClN5O3S. The molecule has 0 N–H and O–H groups in total. The summed E-state index contributed by atoms with van der Waals surface area (Å²) in [5, 5.41) is 11.8. The van der Waals surface area contributed by atoms with E-state index in [0.29, 0.717) is 32.5 Å². The third-order valence-corrected chi connectivity index (χ3v) is 6.22. The summed E-state index contributed by atoms with van der Waals surface area (Å²) in [6, 6.07) is 12.8. The molecule has 3 aromatic heterocycles. The van der Waals surface area contributed by atoms with Crippen LogP contribution in [0.3, 0.4) is 0 Å². The van der Waals surface area contributed by atoms with E-state index in [9.17, 15) is 9.59 Å². The van der Waals surface area contributed by atoms with E-state index in [4.69, 9.17) is 16.3 Å². The Morgan fingerprint density at radius 1 is 1.16 bits per heavy atom. The van der Waals surface area contributed by atoms with Gasteiger partial charge in [0.05, 0.1) is 10.9 Å². The van der Waals surface area contributed by atoms with Gasteiger partial charge < -0.3 is 4.74 Å². The van der Waals surface area contributed by atoms with Gasteiger partial charge in [0.25, 0.3) is 5.56 Å². The first-order valence-electron chi connectivity index (χ1n) is 9.64. The standard InChI is InChI=1S/C22H16ClN5O3S/c1-12-3-8-17-15(9-12)20(29)27(2)22-26-25-18(28(17)22)10-31-21(30)16-11-32-19(24-16)13-4-6-14(23)7-5-13/h3-9,11H,10H2,1-2H3. The predicted octanol–water partition coefficient (Wildman–Crippen LogP) is 4.02. The Balaban J connectivity index is 1.43. The van der Waals surface area contributed by atoms with Crippen molar-refractivity contribution in [1.29, 1.82) is 0 Å². The van der Waals surface area contributed by atoms with Gasteiger partial charge in [-0.3, -0.25) is 13.8 Å². The van der Waals surface area contributed by atoms with Crippen molar-refractivity contribution in [2.45, 2.75) is 13.5 Å². The Morgan fingerprint density at radius 3 is 2.72 bits per heavy atom. The van der Waals surface area contributed by atoms with Crippen LogP contribution in [0, 0.1) is 6.92 Å². The van der Waals surface area contributed by atoms with Crippen molar-refractivity contribution in [3.05, 3.63) is 80.3 Å². The third kappa shape index (κ3) is 3.45. The van der Waals surface area contributed by atoms with Gasteiger partial charge in [0, 0.05) is 23.0 Å². The molecule has 2 aromatic carbocycles. The molecule has 0 aliphatic rings. The second kappa shape index (κ2) is 7.85. The zero-order chi connectivity index (χ0) is 22.4. The first kappa shape index (κ1) is 20.3. The average molecular weight is 466 g/mol. The lowest BCUT2D eigenvalue weighted by Gasteiger charge is -2.08. The summed E-state index contributed by atoms with van der Waals surface area (Å²) in [5.41, 5.74) is 2.54. The number of thiazole rings is 1. The lowest BCUT2D eigenvalue weighted by Crippen LogP contribution is -2.20. The van der Waals surface area contributed by atoms with Crippen LogP contribution in [0.4, 0.5) is 0 Å². The van der Waals surface area contributed by atoms with Crippen LogP contribution in [0.15, 0.2) is 52.6 Å². The van der Waals surface area contributed by atoms with Gasteiger partial charge in [0.2, 0.25) is 5.78 Å². The molecule has 32 heavy (non-hydrogen) atoms. The monoisotopic (exact) mass is 465 g/mol. The molecular weight excluding hydrogens is 450 g/mol. The Bertz CT molecular complexity index is 1550. The van der Waals surface area contributed by atoms with Crippen LogP contribution in [0.2, 0.25) is 5.02 Å². The van der Waals surface area contributed by atoms with Crippen LogP contribution in [-0.2, 0) is 18.4 Å². The molecule has 0 aliphatic heterocycles. The summed E-state index contributed by atoms with van der Waals surface area (Å²) in [6.45, 7) is 1.80. The van der Waals surface area contributed by atoms with Crippen molar-refractivity contribution in [2.24, 2.45) is 7.05 Å². The first-order valence-corrected chi connectivity index (χ1v) is 10.9. The van der Waals surface area contributed by atoms with Crippen molar-refractivity contribution < 1.29 is 9.53 Å². The van der Waals surface area contributed by atoms with Gasteiger partial charge in [-0.2, -0.15) is 0 Å². The van der Waals surface area contributed by atoms with E-state index in [1.165, 1.54) is 15.9 Å². The highest BCUT2D eigenvalue weighted by atomic mass is 35.5. The zero-order valence-electron chi connectivity index (χ0n) is 17.1. The first-order chi connectivity index (χ1) is 15.4. The second-order valence-electron chi connectivity index (χ2n) is 7.26. The van der Waals surface area contributed by atoms with Crippen molar-refractivity contribution >= 4 is 45.6 Å². The second-order valence-corrected chi connectivity index (χ2v) is 8.55. The van der Waals surface area contributed by atoms with Gasteiger partial charge in [-0.25, -0.2) is 9.78 Å². The SMILES string of the molecule is Cc1ccc2c(c1)c(=O)n(C)c1nnc(COC(=O)c3csc(-c4ccc(Cl)cc4)n3)n21. The lowest BCUT2D eigenvalue weighted by atomic mass is 10.1. The van der Waals surface area contributed by atoms with Gasteiger partial charge in [-0.1, -0.05) is 35.4 Å². The number of aromatic nitrogens is 5. The fraction of sp³-hybridized carbons (Fsp3) is 0.136. The highest BCUT2D eigenvalue weighted by Gasteiger charge is 2.18. The third-order valence-electron chi connectivity index (χ3n) is 5.08. The maximum atomic E-state index is 12.7. The van der Waals surface area contributed by atoms with Crippen LogP contribution in [-0.4, -0.2) is 30.1 Å². The quantitative estimate of drug-likeness (QED) is 0.372. The molecule has 0 amide bonds. The minimum atomic E-state index is -0.566. The van der Waals surface area contributed by atoms with Crippen molar-refractivity contribution in [3.63, 3.8) is 0 Å². The van der Waals surface area contributed by atoms with Gasteiger partial charge >= 0.3 is 5.97 Å². The van der Waals surface area contributed by atoms with Gasteiger partial charge in [-0.15, -0.1) is 21.5 Å². The molecule has 0 spiro atoms. The number of fused-ring (bicyclic) bond motifs is 3. The minimum Gasteiger partial charge on any atom is -0.453 e. The molecule has 0 unspecified atom stereocenters. The van der Waals surface area contributed by atoms with Crippen molar-refractivity contribution in [3.8, 4) is 10.6 Å². The summed E-state index contributed by atoms with van der Waals surface area (Å²) < 4.78 is 8.62. The highest BCUT2D eigenvalue weighted by molar-refractivity contribution is 7.13. The van der Waals surface area contributed by atoms with Gasteiger partial charge in [0.15, 0.2) is 18.1 Å². The molecule has 10 heteroatoms. The fourth-order valence-electron chi connectivity index (χ4n) is 3.45. The topological polar surface area (TPSA) is 91.4 Å². The molecule has 0 saturated heterocycles. The number of nitrogens with zero attached hydrogens (tertiary/aromatic N) is 5. The van der Waals surface area contributed by atoms with Crippen LogP contribution in [0.1, 0.15) is 21.9 Å². The van der Waals surface area contributed by atoms with E-state index in [1.807, 2.05) is 37.3 Å². The van der Waals surface area contributed by atoms with Crippen LogP contribution < -0.4 is 5.56 Å². The normalized spacial score (nSPS) is 11.3. The van der Waals surface area contributed by atoms with Gasteiger partial charge in [-0.05, 0) is 31.2 Å². The highest BCUT2D eigenvalue weighted by Crippen LogP contribution is 2.25. The zero-order valence-corrected chi connectivity index (χ0v) is 18.6. The van der Waals surface area contributed by atoms with E-state index in [2.05, 4.69) is 15.2 Å².